The predicted octanol–water partition coefficient (Wildman–Crippen LogP) is 5.08. The molecule has 0 atom stereocenters. The van der Waals surface area contributed by atoms with Gasteiger partial charge >= 0.3 is 0 Å². The smallest absolute Gasteiger partial charge is 0.294 e. The van der Waals surface area contributed by atoms with Crippen molar-refractivity contribution in [1.82, 2.24) is 14.8 Å². The Balaban J connectivity index is 1.74. The van der Waals surface area contributed by atoms with Crippen LogP contribution in [0.15, 0.2) is 60.3 Å². The summed E-state index contributed by atoms with van der Waals surface area (Å²) in [6.45, 7) is 4.19. The molecular weight excluding hydrogens is 449 g/mol. The first-order valence-corrected chi connectivity index (χ1v) is 10.3. The molecule has 0 saturated heterocycles. The molecule has 11 heteroatoms. The van der Waals surface area contributed by atoms with E-state index in [0.717, 1.165) is 17.3 Å². The molecule has 1 heterocycles. The third-order valence-corrected chi connectivity index (χ3v) is 5.35. The first-order chi connectivity index (χ1) is 14.4. The van der Waals surface area contributed by atoms with Crippen LogP contribution in [0.1, 0.15) is 0 Å². The molecule has 0 saturated carbocycles. The Morgan fingerprint density at radius 1 is 1.20 bits per heavy atom. The van der Waals surface area contributed by atoms with Gasteiger partial charge in [0.1, 0.15) is 5.69 Å². The Kier molecular flexibility index (Phi) is 7.09. The number of nitrogens with one attached hydrogen (secondary N) is 1. The fourth-order valence-electron chi connectivity index (χ4n) is 2.58. The van der Waals surface area contributed by atoms with E-state index in [0.29, 0.717) is 22.5 Å². The van der Waals surface area contributed by atoms with Gasteiger partial charge in [0.05, 0.1) is 10.7 Å². The number of nitrogens with zero attached hydrogens (tertiary/aromatic N) is 4. The van der Waals surface area contributed by atoms with Crippen molar-refractivity contribution in [1.29, 1.82) is 0 Å². The number of aromatic nitrogens is 3. The van der Waals surface area contributed by atoms with Crippen LogP contribution in [0.2, 0.25) is 10.0 Å². The quantitative estimate of drug-likeness (QED) is 0.216. The molecule has 0 unspecified atom stereocenters. The lowest BCUT2D eigenvalue weighted by Gasteiger charge is -2.08. The fourth-order valence-corrected chi connectivity index (χ4v) is 3.62. The molecule has 1 aromatic heterocycles. The number of nitro groups is 1. The molecule has 2 aromatic carbocycles. The fraction of sp³-hybridized carbons (Fsp3) is 0.105. The second-order valence-corrected chi connectivity index (χ2v) is 7.78. The number of carbonyl (C=O) groups is 1. The van der Waals surface area contributed by atoms with Crippen LogP contribution in [0.4, 0.5) is 11.4 Å². The number of hydrogen-bond donors (Lipinski definition) is 1. The van der Waals surface area contributed by atoms with Gasteiger partial charge in [-0.1, -0.05) is 41.0 Å². The number of rotatable bonds is 8. The van der Waals surface area contributed by atoms with Crippen molar-refractivity contribution in [3.63, 3.8) is 0 Å². The van der Waals surface area contributed by atoms with E-state index in [1.54, 1.807) is 18.2 Å². The summed E-state index contributed by atoms with van der Waals surface area (Å²) < 4.78 is 1.82. The summed E-state index contributed by atoms with van der Waals surface area (Å²) in [5.74, 6) is 0.171. The molecule has 3 aromatic rings. The number of allylic oxidation sites excluding steroid dienone is 1. The van der Waals surface area contributed by atoms with Crippen LogP contribution in [0.5, 0.6) is 0 Å². The summed E-state index contributed by atoms with van der Waals surface area (Å²) in [6, 6.07) is 11.2. The van der Waals surface area contributed by atoms with E-state index >= 15 is 0 Å². The Bertz CT molecular complexity index is 1100. The average molecular weight is 464 g/mol. The highest BCUT2D eigenvalue weighted by atomic mass is 35.5. The van der Waals surface area contributed by atoms with Gasteiger partial charge in [0.15, 0.2) is 11.0 Å². The second kappa shape index (κ2) is 9.75. The normalized spacial score (nSPS) is 10.6. The SMILES string of the molecule is C=CCn1c(SCC(=O)Nc2ccc(Cl)cc2[N+](=O)[O-])nnc1-c1ccc(Cl)cc1. The van der Waals surface area contributed by atoms with Crippen molar-refractivity contribution in [2.45, 2.75) is 11.7 Å². The standard InChI is InChI=1S/C19H15Cl2N5O3S/c1-2-9-25-18(12-3-5-13(20)6-4-12)23-24-19(25)30-11-17(27)22-15-8-7-14(21)10-16(15)26(28)29/h2-8,10H,1,9,11H2,(H,22,27). The van der Waals surface area contributed by atoms with E-state index in [4.69, 9.17) is 23.2 Å². The van der Waals surface area contributed by atoms with Crippen molar-refractivity contribution in [2.24, 2.45) is 0 Å². The van der Waals surface area contributed by atoms with E-state index in [1.807, 2.05) is 16.7 Å². The number of thioether (sulfide) groups is 1. The molecule has 0 aliphatic carbocycles. The van der Waals surface area contributed by atoms with Gasteiger partial charge in [-0.05, 0) is 36.4 Å². The van der Waals surface area contributed by atoms with Crippen LogP contribution < -0.4 is 5.32 Å². The van der Waals surface area contributed by atoms with Gasteiger partial charge in [-0.15, -0.1) is 16.8 Å². The molecule has 8 nitrogen and oxygen atoms in total. The molecule has 0 aliphatic rings. The van der Waals surface area contributed by atoms with E-state index in [1.165, 1.54) is 18.2 Å². The maximum atomic E-state index is 12.3. The number of anilines is 1. The monoisotopic (exact) mass is 463 g/mol. The average Bonchev–Trinajstić information content (AvgIpc) is 3.11. The third kappa shape index (κ3) is 5.18. The molecule has 0 aliphatic heterocycles. The summed E-state index contributed by atoms with van der Waals surface area (Å²) in [5, 5.41) is 23.4. The van der Waals surface area contributed by atoms with Crippen LogP contribution in [0.3, 0.4) is 0 Å². The number of benzene rings is 2. The Hall–Kier alpha value is -2.88. The first kappa shape index (κ1) is 21.8. The van der Waals surface area contributed by atoms with Gasteiger partial charge in [0, 0.05) is 28.2 Å². The summed E-state index contributed by atoms with van der Waals surface area (Å²) in [6.07, 6.45) is 1.70. The van der Waals surface area contributed by atoms with Crippen LogP contribution in [-0.2, 0) is 11.3 Å². The first-order valence-electron chi connectivity index (χ1n) is 8.55. The van der Waals surface area contributed by atoms with Crippen LogP contribution >= 0.6 is 35.0 Å². The molecule has 0 fully saturated rings. The predicted molar refractivity (Wildman–Crippen MR) is 118 cm³/mol. The molecule has 1 amide bonds. The van der Waals surface area contributed by atoms with Gasteiger partial charge in [0.25, 0.3) is 5.69 Å². The van der Waals surface area contributed by atoms with Crippen LogP contribution in [0.25, 0.3) is 11.4 Å². The van der Waals surface area contributed by atoms with Crippen molar-refractivity contribution >= 4 is 52.2 Å². The van der Waals surface area contributed by atoms with Gasteiger partial charge in [-0.3, -0.25) is 19.5 Å². The highest BCUT2D eigenvalue weighted by molar-refractivity contribution is 7.99. The number of hydrogen-bond acceptors (Lipinski definition) is 6. The molecule has 0 bridgehead atoms. The maximum Gasteiger partial charge on any atom is 0.294 e. The Morgan fingerprint density at radius 2 is 1.90 bits per heavy atom. The largest absolute Gasteiger partial charge is 0.320 e. The maximum absolute atomic E-state index is 12.3. The summed E-state index contributed by atoms with van der Waals surface area (Å²) in [4.78, 5) is 22.9. The van der Waals surface area contributed by atoms with Gasteiger partial charge < -0.3 is 5.32 Å². The molecular formula is C19H15Cl2N5O3S. The molecule has 1 N–H and O–H groups in total. The zero-order valence-electron chi connectivity index (χ0n) is 15.4. The number of halogens is 2. The lowest BCUT2D eigenvalue weighted by Crippen LogP contribution is -2.15. The number of carbonyl (C=O) groups excluding carboxylic acids is 1. The molecule has 154 valence electrons. The van der Waals surface area contributed by atoms with E-state index in [2.05, 4.69) is 22.1 Å². The highest BCUT2D eigenvalue weighted by Crippen LogP contribution is 2.29. The second-order valence-electron chi connectivity index (χ2n) is 5.97. The number of amides is 1. The highest BCUT2D eigenvalue weighted by Gasteiger charge is 2.18. The lowest BCUT2D eigenvalue weighted by atomic mass is 10.2. The molecule has 0 spiro atoms. The van der Waals surface area contributed by atoms with Crippen molar-refractivity contribution in [3.05, 3.63) is 75.3 Å². The molecule has 30 heavy (non-hydrogen) atoms. The van der Waals surface area contributed by atoms with Crippen molar-refractivity contribution in [3.8, 4) is 11.4 Å². The lowest BCUT2D eigenvalue weighted by molar-refractivity contribution is -0.383. The Labute approximate surface area is 186 Å². The minimum atomic E-state index is -0.603. The Morgan fingerprint density at radius 3 is 2.57 bits per heavy atom. The van der Waals surface area contributed by atoms with Crippen molar-refractivity contribution < 1.29 is 9.72 Å². The van der Waals surface area contributed by atoms with E-state index in [9.17, 15) is 14.9 Å². The van der Waals surface area contributed by atoms with Crippen LogP contribution in [0, 0.1) is 10.1 Å². The van der Waals surface area contributed by atoms with Gasteiger partial charge in [-0.25, -0.2) is 0 Å². The summed E-state index contributed by atoms with van der Waals surface area (Å²) in [7, 11) is 0. The van der Waals surface area contributed by atoms with Crippen molar-refractivity contribution in [2.75, 3.05) is 11.1 Å². The summed E-state index contributed by atoms with van der Waals surface area (Å²) >= 11 is 12.9. The number of nitro benzene ring substituents is 1. The third-order valence-electron chi connectivity index (χ3n) is 3.89. The van der Waals surface area contributed by atoms with Gasteiger partial charge in [-0.2, -0.15) is 0 Å². The van der Waals surface area contributed by atoms with E-state index < -0.39 is 10.8 Å². The zero-order chi connectivity index (χ0) is 21.7. The van der Waals surface area contributed by atoms with Gasteiger partial charge in [0.2, 0.25) is 5.91 Å². The minimum absolute atomic E-state index is 0.0182. The molecule has 3 rings (SSSR count). The summed E-state index contributed by atoms with van der Waals surface area (Å²) in [5.41, 5.74) is 0.618. The topological polar surface area (TPSA) is 103 Å². The minimum Gasteiger partial charge on any atom is -0.320 e. The van der Waals surface area contributed by atoms with E-state index in [-0.39, 0.29) is 22.2 Å². The molecule has 0 radical (unpaired) electrons. The van der Waals surface area contributed by atoms with Crippen LogP contribution in [-0.4, -0.2) is 31.3 Å². The zero-order valence-corrected chi connectivity index (χ0v) is 17.7.